The van der Waals surface area contributed by atoms with E-state index in [9.17, 15) is 9.59 Å². The van der Waals surface area contributed by atoms with Gasteiger partial charge in [-0.05, 0) is 87.0 Å². The van der Waals surface area contributed by atoms with Crippen LogP contribution in [-0.4, -0.2) is 21.9 Å². The first-order valence-corrected chi connectivity index (χ1v) is 12.0. The lowest BCUT2D eigenvalue weighted by atomic mass is 9.49. The summed E-state index contributed by atoms with van der Waals surface area (Å²) in [6.07, 6.45) is 13.4. The Kier molecular flexibility index (Phi) is 5.94. The maximum atomic E-state index is 13.0. The number of ether oxygens (including phenoxy) is 1. The molecule has 176 valence electrons. The molecule has 4 aliphatic carbocycles. The standard InChI is InChI=1S/C27H30N4O3/c1-3-20(4-2)23-12-21(7-8-28-23)34-22-5-6-24(29-16-22)30-26(33)31-25(32)27-13-17-9-18(14-27)11-19(10-17)15-27/h3-8,12,16-19H,1,9-11,13-15H2,2H3,(H2,29,30,31,32,33)/b20-4+. The van der Waals surface area contributed by atoms with Gasteiger partial charge in [-0.1, -0.05) is 18.7 Å². The van der Waals surface area contributed by atoms with Crippen LogP contribution in [0, 0.1) is 23.2 Å². The first-order valence-electron chi connectivity index (χ1n) is 12.0. The Morgan fingerprint density at radius 3 is 2.35 bits per heavy atom. The molecule has 4 fully saturated rings. The van der Waals surface area contributed by atoms with Crippen LogP contribution in [0.25, 0.3) is 5.57 Å². The van der Waals surface area contributed by atoms with Gasteiger partial charge in [0.05, 0.1) is 17.3 Å². The Hall–Kier alpha value is -3.48. The summed E-state index contributed by atoms with van der Waals surface area (Å²) in [6, 6.07) is 6.41. The molecule has 0 unspecified atom stereocenters. The number of rotatable bonds is 6. The van der Waals surface area contributed by atoms with E-state index in [1.54, 1.807) is 30.5 Å². The third-order valence-corrected chi connectivity index (χ3v) is 7.52. The van der Waals surface area contributed by atoms with Gasteiger partial charge < -0.3 is 4.74 Å². The molecule has 2 N–H and O–H groups in total. The fourth-order valence-electron chi connectivity index (χ4n) is 6.43. The first-order chi connectivity index (χ1) is 16.5. The molecule has 34 heavy (non-hydrogen) atoms. The van der Waals surface area contributed by atoms with E-state index in [-0.39, 0.29) is 11.3 Å². The number of anilines is 1. The molecule has 2 aromatic heterocycles. The van der Waals surface area contributed by atoms with Crippen molar-refractivity contribution in [3.8, 4) is 11.5 Å². The van der Waals surface area contributed by atoms with Crippen molar-refractivity contribution in [3.05, 3.63) is 61.1 Å². The number of urea groups is 1. The largest absolute Gasteiger partial charge is 0.456 e. The van der Waals surface area contributed by atoms with Crippen LogP contribution in [0.3, 0.4) is 0 Å². The predicted octanol–water partition coefficient (Wildman–Crippen LogP) is 5.72. The Balaban J connectivity index is 1.18. The van der Waals surface area contributed by atoms with E-state index >= 15 is 0 Å². The second kappa shape index (κ2) is 9.05. The highest BCUT2D eigenvalue weighted by molar-refractivity contribution is 6.02. The smallest absolute Gasteiger partial charge is 0.327 e. The maximum absolute atomic E-state index is 13.0. The average Bonchev–Trinajstić information content (AvgIpc) is 2.80. The molecule has 4 bridgehead atoms. The zero-order valence-electron chi connectivity index (χ0n) is 19.4. The number of amides is 3. The summed E-state index contributed by atoms with van der Waals surface area (Å²) >= 11 is 0. The number of carbonyl (C=O) groups excluding carboxylic acids is 2. The van der Waals surface area contributed by atoms with Gasteiger partial charge in [-0.25, -0.2) is 9.78 Å². The molecule has 0 aliphatic heterocycles. The van der Waals surface area contributed by atoms with E-state index in [2.05, 4.69) is 27.2 Å². The van der Waals surface area contributed by atoms with Crippen molar-refractivity contribution in [3.63, 3.8) is 0 Å². The zero-order chi connectivity index (χ0) is 23.7. The lowest BCUT2D eigenvalue weighted by Gasteiger charge is -2.55. The zero-order valence-corrected chi connectivity index (χ0v) is 19.4. The second-order valence-corrected chi connectivity index (χ2v) is 9.91. The fraction of sp³-hybridized carbons (Fsp3) is 0.407. The van der Waals surface area contributed by atoms with Crippen LogP contribution in [0.2, 0.25) is 0 Å². The monoisotopic (exact) mass is 458 g/mol. The van der Waals surface area contributed by atoms with Crippen molar-refractivity contribution in [2.75, 3.05) is 5.32 Å². The van der Waals surface area contributed by atoms with Crippen LogP contribution in [0.5, 0.6) is 11.5 Å². The number of aromatic nitrogens is 2. The third-order valence-electron chi connectivity index (χ3n) is 7.52. The normalized spacial score (nSPS) is 27.2. The number of allylic oxidation sites excluding steroid dienone is 3. The van der Waals surface area contributed by atoms with Crippen LogP contribution in [-0.2, 0) is 4.79 Å². The highest BCUT2D eigenvalue weighted by atomic mass is 16.5. The number of pyridine rings is 2. The summed E-state index contributed by atoms with van der Waals surface area (Å²) in [5, 5.41) is 5.26. The van der Waals surface area contributed by atoms with E-state index in [1.807, 2.05) is 19.1 Å². The second-order valence-electron chi connectivity index (χ2n) is 9.91. The number of imide groups is 1. The van der Waals surface area contributed by atoms with E-state index < -0.39 is 6.03 Å². The lowest BCUT2D eigenvalue weighted by molar-refractivity contribution is -0.144. The molecule has 0 atom stereocenters. The minimum Gasteiger partial charge on any atom is -0.456 e. The fourth-order valence-corrected chi connectivity index (χ4v) is 6.43. The molecule has 6 rings (SSSR count). The van der Waals surface area contributed by atoms with E-state index in [4.69, 9.17) is 4.74 Å². The van der Waals surface area contributed by atoms with Gasteiger partial charge in [-0.15, -0.1) is 0 Å². The summed E-state index contributed by atoms with van der Waals surface area (Å²) in [5.74, 6) is 3.30. The number of carbonyl (C=O) groups is 2. The Morgan fingerprint density at radius 1 is 1.06 bits per heavy atom. The van der Waals surface area contributed by atoms with Gasteiger partial charge in [-0.3, -0.25) is 20.4 Å². The molecule has 2 heterocycles. The van der Waals surface area contributed by atoms with Crippen LogP contribution in [0.15, 0.2) is 55.4 Å². The van der Waals surface area contributed by atoms with Gasteiger partial charge in [0.25, 0.3) is 0 Å². The van der Waals surface area contributed by atoms with Crippen LogP contribution in [0.4, 0.5) is 10.6 Å². The quantitative estimate of drug-likeness (QED) is 0.540. The van der Waals surface area contributed by atoms with E-state index in [1.165, 1.54) is 25.5 Å². The minimum atomic E-state index is -0.538. The van der Waals surface area contributed by atoms with E-state index in [0.29, 0.717) is 35.1 Å². The van der Waals surface area contributed by atoms with Crippen molar-refractivity contribution < 1.29 is 14.3 Å². The highest BCUT2D eigenvalue weighted by Crippen LogP contribution is 2.60. The Labute approximate surface area is 199 Å². The summed E-state index contributed by atoms with van der Waals surface area (Å²) in [5.41, 5.74) is 1.32. The van der Waals surface area contributed by atoms with Gasteiger partial charge >= 0.3 is 6.03 Å². The van der Waals surface area contributed by atoms with E-state index in [0.717, 1.165) is 30.5 Å². The van der Waals surface area contributed by atoms with Gasteiger partial charge in [0.15, 0.2) is 0 Å². The van der Waals surface area contributed by atoms with Crippen LogP contribution < -0.4 is 15.4 Å². The molecule has 4 saturated carbocycles. The first kappa shape index (κ1) is 22.3. The average molecular weight is 459 g/mol. The van der Waals surface area contributed by atoms with Gasteiger partial charge in [-0.2, -0.15) is 0 Å². The van der Waals surface area contributed by atoms with Crippen molar-refractivity contribution in [2.24, 2.45) is 23.2 Å². The molecular formula is C27H30N4O3. The molecule has 0 saturated heterocycles. The van der Waals surface area contributed by atoms with Gasteiger partial charge in [0.1, 0.15) is 17.3 Å². The number of nitrogens with zero attached hydrogens (tertiary/aromatic N) is 2. The number of hydrogen-bond donors (Lipinski definition) is 2. The SMILES string of the molecule is C=C/C(=C\C)c1cc(Oc2ccc(NC(=O)NC(=O)C34CC5CC(CC(C5)C3)C4)nc2)ccn1. The third kappa shape index (κ3) is 4.47. The molecule has 4 aliphatic rings. The molecule has 3 amide bonds. The van der Waals surface area contributed by atoms with Crippen molar-refractivity contribution >= 4 is 23.3 Å². The van der Waals surface area contributed by atoms with Crippen LogP contribution >= 0.6 is 0 Å². The summed E-state index contributed by atoms with van der Waals surface area (Å²) in [4.78, 5) is 34.1. The molecule has 0 aromatic carbocycles. The highest BCUT2D eigenvalue weighted by Gasteiger charge is 2.54. The molecule has 7 heteroatoms. The van der Waals surface area contributed by atoms with Crippen molar-refractivity contribution in [2.45, 2.75) is 45.4 Å². The minimum absolute atomic E-state index is 0.127. The number of nitrogens with one attached hydrogen (secondary N) is 2. The molecule has 0 radical (unpaired) electrons. The maximum Gasteiger partial charge on any atom is 0.327 e. The topological polar surface area (TPSA) is 93.2 Å². The Bertz CT molecular complexity index is 1100. The molecule has 0 spiro atoms. The van der Waals surface area contributed by atoms with Crippen LogP contribution in [0.1, 0.15) is 51.1 Å². The van der Waals surface area contributed by atoms with Gasteiger partial charge in [0.2, 0.25) is 5.91 Å². The molecule has 2 aromatic rings. The van der Waals surface area contributed by atoms with Crippen molar-refractivity contribution in [1.82, 2.24) is 15.3 Å². The lowest BCUT2D eigenvalue weighted by Crippen LogP contribution is -2.55. The molecular weight excluding hydrogens is 428 g/mol. The van der Waals surface area contributed by atoms with Crippen molar-refractivity contribution in [1.29, 1.82) is 0 Å². The Morgan fingerprint density at radius 2 is 1.76 bits per heavy atom. The summed E-state index contributed by atoms with van der Waals surface area (Å²) < 4.78 is 5.87. The molecule has 7 nitrogen and oxygen atoms in total. The predicted molar refractivity (Wildman–Crippen MR) is 130 cm³/mol. The number of hydrogen-bond acceptors (Lipinski definition) is 5. The summed E-state index contributed by atoms with van der Waals surface area (Å²) in [7, 11) is 0. The van der Waals surface area contributed by atoms with Gasteiger partial charge in [0, 0.05) is 12.3 Å². The summed E-state index contributed by atoms with van der Waals surface area (Å²) in [6.45, 7) is 5.72.